The molecule has 0 fully saturated rings. The summed E-state index contributed by atoms with van der Waals surface area (Å²) in [7, 11) is 3.94. The van der Waals surface area contributed by atoms with Crippen molar-refractivity contribution in [3.63, 3.8) is 0 Å². The van der Waals surface area contributed by atoms with Crippen molar-refractivity contribution in [3.05, 3.63) is 70.8 Å². The number of amides is 1. The molecule has 2 aromatic carbocycles. The molecular weight excluding hydrogens is 439 g/mol. The first-order valence-corrected chi connectivity index (χ1v) is 8.53. The highest BCUT2D eigenvalue weighted by Crippen LogP contribution is 2.16. The van der Waals surface area contributed by atoms with Crippen LogP contribution in [0.25, 0.3) is 0 Å². The molecule has 1 amide bonds. The van der Waals surface area contributed by atoms with Gasteiger partial charge in [-0.3, -0.25) is 4.79 Å². The fourth-order valence-electron chi connectivity index (χ4n) is 2.86. The third-order valence-electron chi connectivity index (χ3n) is 4.23. The van der Waals surface area contributed by atoms with E-state index in [2.05, 4.69) is 33.8 Å². The molecule has 2 aromatic rings. The maximum absolute atomic E-state index is 12.0. The molecule has 0 aliphatic carbocycles. The molecule has 0 aromatic heterocycles. The van der Waals surface area contributed by atoms with Crippen molar-refractivity contribution >= 4 is 35.8 Å². The molecule has 0 bridgehead atoms. The van der Waals surface area contributed by atoms with Crippen molar-refractivity contribution in [2.45, 2.75) is 19.5 Å². The third-order valence-corrected chi connectivity index (χ3v) is 4.23. The molecule has 2 N–H and O–H groups in total. The van der Waals surface area contributed by atoms with Crippen molar-refractivity contribution in [3.8, 4) is 0 Å². The van der Waals surface area contributed by atoms with E-state index in [0.29, 0.717) is 6.54 Å². The predicted octanol–water partition coefficient (Wildman–Crippen LogP) is 2.80. The second kappa shape index (κ2) is 9.56. The quantitative estimate of drug-likeness (QED) is 0.416. The van der Waals surface area contributed by atoms with Crippen LogP contribution in [0.1, 0.15) is 27.0 Å². The molecule has 1 heterocycles. The zero-order valence-electron chi connectivity index (χ0n) is 15.2. The normalized spacial score (nSPS) is 13.3. The molecule has 0 saturated carbocycles. The van der Waals surface area contributed by atoms with Gasteiger partial charge in [-0.05, 0) is 29.2 Å². The van der Waals surface area contributed by atoms with E-state index < -0.39 is 0 Å². The van der Waals surface area contributed by atoms with Crippen LogP contribution in [0.15, 0.2) is 53.5 Å². The lowest BCUT2D eigenvalue weighted by Crippen LogP contribution is -2.36. The van der Waals surface area contributed by atoms with Crippen LogP contribution in [0.3, 0.4) is 0 Å². The van der Waals surface area contributed by atoms with Crippen LogP contribution in [-0.2, 0) is 19.5 Å². The maximum atomic E-state index is 12.0. The summed E-state index contributed by atoms with van der Waals surface area (Å²) in [5.41, 5.74) is 4.15. The van der Waals surface area contributed by atoms with Gasteiger partial charge in [-0.1, -0.05) is 42.5 Å². The molecule has 1 aliphatic heterocycles. The standard InChI is InChI=1S/C20H24N4O.HI/c1-24(2)20(22-13-15-6-4-3-5-7-15)23-14-16-8-9-17-10-11-21-19(25)18(17)12-16;/h3-9,12H,10-11,13-14H2,1-2H3,(H,21,25)(H,22,23);1H. The summed E-state index contributed by atoms with van der Waals surface area (Å²) in [6, 6.07) is 16.3. The molecule has 138 valence electrons. The Hall–Kier alpha value is -2.09. The summed E-state index contributed by atoms with van der Waals surface area (Å²) in [6.07, 6.45) is 0.895. The molecule has 1 aliphatic rings. The highest BCUT2D eigenvalue weighted by atomic mass is 127. The predicted molar refractivity (Wildman–Crippen MR) is 116 cm³/mol. The number of nitrogens with one attached hydrogen (secondary N) is 2. The van der Waals surface area contributed by atoms with Crippen LogP contribution in [0.2, 0.25) is 0 Å². The van der Waals surface area contributed by atoms with Gasteiger partial charge >= 0.3 is 0 Å². The maximum Gasteiger partial charge on any atom is 0.251 e. The van der Waals surface area contributed by atoms with Crippen molar-refractivity contribution in [2.75, 3.05) is 20.6 Å². The molecule has 26 heavy (non-hydrogen) atoms. The van der Waals surface area contributed by atoms with E-state index in [1.165, 1.54) is 5.56 Å². The van der Waals surface area contributed by atoms with E-state index in [1.54, 1.807) is 0 Å². The minimum absolute atomic E-state index is 0. The first kappa shape index (κ1) is 20.2. The van der Waals surface area contributed by atoms with E-state index in [4.69, 9.17) is 0 Å². The van der Waals surface area contributed by atoms with Gasteiger partial charge in [-0.15, -0.1) is 24.0 Å². The summed E-state index contributed by atoms with van der Waals surface area (Å²) >= 11 is 0. The first-order valence-electron chi connectivity index (χ1n) is 8.53. The zero-order chi connectivity index (χ0) is 17.6. The molecule has 5 nitrogen and oxygen atoms in total. The van der Waals surface area contributed by atoms with Crippen LogP contribution in [0, 0.1) is 0 Å². The summed E-state index contributed by atoms with van der Waals surface area (Å²) in [4.78, 5) is 18.6. The highest BCUT2D eigenvalue weighted by molar-refractivity contribution is 14.0. The fraction of sp³-hybridized carbons (Fsp3) is 0.300. The number of rotatable bonds is 4. The number of carbonyl (C=O) groups is 1. The monoisotopic (exact) mass is 464 g/mol. The Bertz CT molecular complexity index is 775. The minimum Gasteiger partial charge on any atom is -0.352 e. The van der Waals surface area contributed by atoms with Crippen molar-refractivity contribution in [1.29, 1.82) is 0 Å². The van der Waals surface area contributed by atoms with Gasteiger partial charge in [-0.25, -0.2) is 4.99 Å². The molecule has 0 radical (unpaired) electrons. The Morgan fingerprint density at radius 3 is 2.65 bits per heavy atom. The van der Waals surface area contributed by atoms with Crippen LogP contribution in [-0.4, -0.2) is 37.4 Å². The first-order chi connectivity index (χ1) is 12.1. The van der Waals surface area contributed by atoms with Gasteiger partial charge in [-0.2, -0.15) is 0 Å². The topological polar surface area (TPSA) is 56.7 Å². The number of guanidine groups is 1. The van der Waals surface area contributed by atoms with E-state index in [-0.39, 0.29) is 29.9 Å². The Balaban J connectivity index is 0.00000243. The van der Waals surface area contributed by atoms with Crippen molar-refractivity contribution in [2.24, 2.45) is 4.99 Å². The van der Waals surface area contributed by atoms with Crippen LogP contribution >= 0.6 is 24.0 Å². The van der Waals surface area contributed by atoms with Gasteiger partial charge in [0, 0.05) is 32.7 Å². The lowest BCUT2D eigenvalue weighted by Gasteiger charge is -2.19. The van der Waals surface area contributed by atoms with Crippen molar-refractivity contribution in [1.82, 2.24) is 15.5 Å². The largest absolute Gasteiger partial charge is 0.352 e. The number of aliphatic imine (C=N–C) groups is 1. The summed E-state index contributed by atoms with van der Waals surface area (Å²) in [5, 5.41) is 6.27. The van der Waals surface area contributed by atoms with E-state index in [1.807, 2.05) is 49.3 Å². The zero-order valence-corrected chi connectivity index (χ0v) is 17.5. The number of fused-ring (bicyclic) bond motifs is 1. The van der Waals surface area contributed by atoms with Crippen LogP contribution < -0.4 is 10.6 Å². The van der Waals surface area contributed by atoms with Gasteiger partial charge in [0.05, 0.1) is 6.54 Å². The van der Waals surface area contributed by atoms with Gasteiger partial charge in [0.1, 0.15) is 0 Å². The number of hydrogen-bond donors (Lipinski definition) is 2. The number of hydrogen-bond acceptors (Lipinski definition) is 2. The van der Waals surface area contributed by atoms with E-state index >= 15 is 0 Å². The number of nitrogens with zero attached hydrogens (tertiary/aromatic N) is 2. The molecular formula is C20H25IN4O. The average molecular weight is 464 g/mol. The second-order valence-corrected chi connectivity index (χ2v) is 6.37. The summed E-state index contributed by atoms with van der Waals surface area (Å²) in [6.45, 7) is 1.98. The number of benzene rings is 2. The van der Waals surface area contributed by atoms with Gasteiger partial charge in [0.15, 0.2) is 5.96 Å². The Kier molecular flexibility index (Phi) is 7.44. The van der Waals surface area contributed by atoms with Crippen LogP contribution in [0.5, 0.6) is 0 Å². The van der Waals surface area contributed by atoms with Crippen LogP contribution in [0.4, 0.5) is 0 Å². The Morgan fingerprint density at radius 1 is 1.15 bits per heavy atom. The smallest absolute Gasteiger partial charge is 0.251 e. The fourth-order valence-corrected chi connectivity index (χ4v) is 2.86. The highest BCUT2D eigenvalue weighted by Gasteiger charge is 2.16. The van der Waals surface area contributed by atoms with Gasteiger partial charge in [0.2, 0.25) is 0 Å². The summed E-state index contributed by atoms with van der Waals surface area (Å²) < 4.78 is 0. The van der Waals surface area contributed by atoms with Gasteiger partial charge in [0.25, 0.3) is 5.91 Å². The molecule has 3 rings (SSSR count). The average Bonchev–Trinajstić information content (AvgIpc) is 2.63. The Labute approximate surface area is 171 Å². The van der Waals surface area contributed by atoms with E-state index in [9.17, 15) is 4.79 Å². The third kappa shape index (κ3) is 5.20. The molecule has 6 heteroatoms. The van der Waals surface area contributed by atoms with E-state index in [0.717, 1.165) is 42.2 Å². The lowest BCUT2D eigenvalue weighted by atomic mass is 9.98. The number of carbonyl (C=O) groups excluding carboxylic acids is 1. The molecule has 0 spiro atoms. The second-order valence-electron chi connectivity index (χ2n) is 6.37. The molecule has 0 unspecified atom stereocenters. The molecule has 0 saturated heterocycles. The minimum atomic E-state index is 0. The van der Waals surface area contributed by atoms with Crippen molar-refractivity contribution < 1.29 is 4.79 Å². The number of halogens is 1. The SMILES string of the molecule is CN(C)C(=NCc1ccc2c(c1)C(=O)NCC2)NCc1ccccc1.I. The Morgan fingerprint density at radius 2 is 1.92 bits per heavy atom. The lowest BCUT2D eigenvalue weighted by molar-refractivity contribution is 0.0946. The summed E-state index contributed by atoms with van der Waals surface area (Å²) in [5.74, 6) is 0.841. The molecule has 0 atom stereocenters. The van der Waals surface area contributed by atoms with Gasteiger partial charge < -0.3 is 15.5 Å².